The van der Waals surface area contributed by atoms with Gasteiger partial charge >= 0.3 is 0 Å². The van der Waals surface area contributed by atoms with Crippen molar-refractivity contribution < 1.29 is 9.59 Å². The summed E-state index contributed by atoms with van der Waals surface area (Å²) >= 11 is 0. The molecule has 2 aromatic rings. The number of hydrogen-bond donors (Lipinski definition) is 1. The monoisotopic (exact) mass is 476 g/mol. The van der Waals surface area contributed by atoms with E-state index in [9.17, 15) is 9.59 Å². The maximum atomic E-state index is 13.8. The van der Waals surface area contributed by atoms with Gasteiger partial charge in [0.2, 0.25) is 11.8 Å². The number of benzene rings is 1. The zero-order chi connectivity index (χ0) is 25.0. The molecule has 2 amide bonds. The van der Waals surface area contributed by atoms with Gasteiger partial charge in [0.1, 0.15) is 5.82 Å². The van der Waals surface area contributed by atoms with Crippen LogP contribution in [0.2, 0.25) is 0 Å². The molecule has 4 fully saturated rings. The van der Waals surface area contributed by atoms with Gasteiger partial charge in [0.15, 0.2) is 0 Å². The zero-order valence-corrected chi connectivity index (χ0v) is 21.9. The third-order valence-corrected chi connectivity index (χ3v) is 8.52. The molecule has 4 saturated carbocycles. The van der Waals surface area contributed by atoms with Crippen LogP contribution in [0.5, 0.6) is 0 Å². The summed E-state index contributed by atoms with van der Waals surface area (Å²) in [5.74, 6) is 2.80. The minimum absolute atomic E-state index is 0.0843. The van der Waals surface area contributed by atoms with Crippen molar-refractivity contribution in [1.29, 1.82) is 0 Å². The number of rotatable bonds is 6. The predicted octanol–water partition coefficient (Wildman–Crippen LogP) is 5.48. The Balaban J connectivity index is 1.34. The molecule has 6 heteroatoms. The molecular weight excluding hydrogens is 436 g/mol. The topological polar surface area (TPSA) is 67.2 Å². The fraction of sp³-hybridized carbons (Fsp3) is 0.621. The minimum Gasteiger partial charge on any atom is -0.333 e. The lowest BCUT2D eigenvalue weighted by Gasteiger charge is -2.56. The first-order valence-electron chi connectivity index (χ1n) is 13.3. The number of aryl methyl sites for hydroxylation is 1. The Morgan fingerprint density at radius 2 is 1.63 bits per heavy atom. The average molecular weight is 477 g/mol. The Kier molecular flexibility index (Phi) is 6.05. The second-order valence-electron chi connectivity index (χ2n) is 12.5. The lowest BCUT2D eigenvalue weighted by atomic mass is 9.49. The maximum absolute atomic E-state index is 13.8. The Morgan fingerprint density at radius 1 is 1.06 bits per heavy atom. The molecule has 0 unspecified atom stereocenters. The van der Waals surface area contributed by atoms with Gasteiger partial charge in [-0.25, -0.2) is 4.68 Å². The van der Waals surface area contributed by atoms with Crippen LogP contribution in [0, 0.1) is 30.1 Å². The molecule has 4 bridgehead atoms. The average Bonchev–Trinajstić information content (AvgIpc) is 3.21. The minimum atomic E-state index is -0.228. The van der Waals surface area contributed by atoms with Crippen molar-refractivity contribution in [2.45, 2.75) is 78.6 Å². The van der Waals surface area contributed by atoms with E-state index in [0.717, 1.165) is 30.6 Å². The van der Waals surface area contributed by atoms with Gasteiger partial charge in [0.25, 0.3) is 0 Å². The molecule has 35 heavy (non-hydrogen) atoms. The largest absolute Gasteiger partial charge is 0.333 e. The van der Waals surface area contributed by atoms with Gasteiger partial charge in [-0.3, -0.25) is 9.59 Å². The van der Waals surface area contributed by atoms with E-state index in [0.29, 0.717) is 30.1 Å². The summed E-state index contributed by atoms with van der Waals surface area (Å²) in [4.78, 5) is 28.9. The van der Waals surface area contributed by atoms with Crippen LogP contribution in [0.15, 0.2) is 30.3 Å². The van der Waals surface area contributed by atoms with Gasteiger partial charge in [-0.15, -0.1) is 0 Å². The second kappa shape index (κ2) is 8.79. The molecule has 6 nitrogen and oxygen atoms in total. The first-order valence-corrected chi connectivity index (χ1v) is 13.3. The number of anilines is 1. The highest BCUT2D eigenvalue weighted by molar-refractivity contribution is 5.95. The summed E-state index contributed by atoms with van der Waals surface area (Å²) in [6.45, 7) is 11.0. The van der Waals surface area contributed by atoms with E-state index >= 15 is 0 Å². The SMILES string of the molecule is CCN(CC(=O)Nc1cc(C(C)(C)C)nn1-c1ccc(C)cc1)C(=O)C12CC3CC(CC(C3)C1)C2. The van der Waals surface area contributed by atoms with Crippen LogP contribution in [-0.2, 0) is 15.0 Å². The van der Waals surface area contributed by atoms with E-state index in [1.807, 2.05) is 37.3 Å². The van der Waals surface area contributed by atoms with Crippen LogP contribution in [0.25, 0.3) is 5.69 Å². The molecule has 0 spiro atoms. The van der Waals surface area contributed by atoms with E-state index in [2.05, 4.69) is 33.0 Å². The lowest BCUT2D eigenvalue weighted by Crippen LogP contribution is -2.55. The quantitative estimate of drug-likeness (QED) is 0.600. The molecule has 1 aromatic heterocycles. The van der Waals surface area contributed by atoms with E-state index in [-0.39, 0.29) is 29.2 Å². The Bertz CT molecular complexity index is 1070. The molecule has 1 N–H and O–H groups in total. The standard InChI is InChI=1S/C29H40N4O2/c1-6-32(27(35)29-15-20-11-21(16-29)13-22(12-20)17-29)18-26(34)30-25-14-24(28(3,4)5)31-33(25)23-9-7-19(2)8-10-23/h7-10,14,20-22H,6,11-13,15-18H2,1-5H3,(H,30,34). The predicted molar refractivity (Wildman–Crippen MR) is 138 cm³/mol. The van der Waals surface area contributed by atoms with Crippen LogP contribution in [-0.4, -0.2) is 39.6 Å². The van der Waals surface area contributed by atoms with Gasteiger partial charge in [-0.1, -0.05) is 38.5 Å². The van der Waals surface area contributed by atoms with Crippen LogP contribution in [0.1, 0.15) is 77.5 Å². The molecule has 0 saturated heterocycles. The number of likely N-dealkylation sites (N-methyl/N-ethyl adjacent to an activating group) is 1. The summed E-state index contributed by atoms with van der Waals surface area (Å²) in [6.07, 6.45) is 6.97. The fourth-order valence-corrected chi connectivity index (χ4v) is 7.11. The number of carbonyl (C=O) groups excluding carboxylic acids is 2. The summed E-state index contributed by atoms with van der Waals surface area (Å²) in [6, 6.07) is 10.1. The fourth-order valence-electron chi connectivity index (χ4n) is 7.11. The summed E-state index contributed by atoms with van der Waals surface area (Å²) < 4.78 is 1.80. The van der Waals surface area contributed by atoms with E-state index in [1.165, 1.54) is 24.8 Å². The van der Waals surface area contributed by atoms with E-state index < -0.39 is 0 Å². The number of nitrogens with one attached hydrogen (secondary N) is 1. The first-order chi connectivity index (χ1) is 16.6. The highest BCUT2D eigenvalue weighted by atomic mass is 16.2. The van der Waals surface area contributed by atoms with Crippen molar-refractivity contribution in [2.24, 2.45) is 23.2 Å². The van der Waals surface area contributed by atoms with Crippen molar-refractivity contribution in [3.05, 3.63) is 41.6 Å². The molecule has 4 aliphatic carbocycles. The normalized spacial score (nSPS) is 27.2. The van der Waals surface area contributed by atoms with Crippen LogP contribution >= 0.6 is 0 Å². The number of carbonyl (C=O) groups is 2. The van der Waals surface area contributed by atoms with Crippen molar-refractivity contribution in [3.63, 3.8) is 0 Å². The van der Waals surface area contributed by atoms with E-state index in [1.54, 1.807) is 9.58 Å². The molecule has 0 atom stereocenters. The van der Waals surface area contributed by atoms with Gasteiger partial charge in [0.05, 0.1) is 23.3 Å². The van der Waals surface area contributed by atoms with E-state index in [4.69, 9.17) is 5.10 Å². The second-order valence-corrected chi connectivity index (χ2v) is 12.5. The zero-order valence-electron chi connectivity index (χ0n) is 21.9. The van der Waals surface area contributed by atoms with Crippen LogP contribution < -0.4 is 5.32 Å². The van der Waals surface area contributed by atoms with Crippen LogP contribution in [0.3, 0.4) is 0 Å². The Morgan fingerprint density at radius 3 is 2.14 bits per heavy atom. The third kappa shape index (κ3) is 4.64. The molecular formula is C29H40N4O2. The number of nitrogens with zero attached hydrogens (tertiary/aromatic N) is 3. The first kappa shape index (κ1) is 24.1. The number of aromatic nitrogens is 2. The molecule has 6 rings (SSSR count). The number of hydrogen-bond acceptors (Lipinski definition) is 3. The van der Waals surface area contributed by atoms with Gasteiger partial charge in [-0.05, 0) is 82.3 Å². The third-order valence-electron chi connectivity index (χ3n) is 8.52. The van der Waals surface area contributed by atoms with Crippen molar-refractivity contribution in [2.75, 3.05) is 18.4 Å². The summed E-state index contributed by atoms with van der Waals surface area (Å²) in [5.41, 5.74) is 2.60. The summed E-state index contributed by atoms with van der Waals surface area (Å²) in [7, 11) is 0. The van der Waals surface area contributed by atoms with Gasteiger partial charge in [-0.2, -0.15) is 5.10 Å². The highest BCUT2D eigenvalue weighted by Crippen LogP contribution is 2.60. The smallest absolute Gasteiger partial charge is 0.245 e. The van der Waals surface area contributed by atoms with Crippen molar-refractivity contribution in [1.82, 2.24) is 14.7 Å². The summed E-state index contributed by atoms with van der Waals surface area (Å²) in [5, 5.41) is 7.89. The Labute approximate surface area is 209 Å². The van der Waals surface area contributed by atoms with Crippen molar-refractivity contribution >= 4 is 17.6 Å². The molecule has 0 radical (unpaired) electrons. The molecule has 188 valence electrons. The highest BCUT2D eigenvalue weighted by Gasteiger charge is 2.55. The van der Waals surface area contributed by atoms with Gasteiger partial charge < -0.3 is 10.2 Å². The number of amides is 2. The molecule has 1 heterocycles. The molecule has 0 aliphatic heterocycles. The molecule has 1 aromatic carbocycles. The molecule has 4 aliphatic rings. The van der Waals surface area contributed by atoms with Gasteiger partial charge in [0, 0.05) is 18.0 Å². The lowest BCUT2D eigenvalue weighted by molar-refractivity contribution is -0.158. The van der Waals surface area contributed by atoms with Crippen molar-refractivity contribution in [3.8, 4) is 5.69 Å². The van der Waals surface area contributed by atoms with Crippen LogP contribution in [0.4, 0.5) is 5.82 Å². The maximum Gasteiger partial charge on any atom is 0.245 e. The Hall–Kier alpha value is -2.63.